The van der Waals surface area contributed by atoms with Gasteiger partial charge in [-0.2, -0.15) is 18.3 Å². The molecule has 0 amide bonds. The molecule has 0 aliphatic carbocycles. The topological polar surface area (TPSA) is 122 Å². The van der Waals surface area contributed by atoms with E-state index < -0.39 is 42.8 Å². The number of aromatic nitrogens is 3. The molecule has 3 aromatic rings. The fourth-order valence-electron chi connectivity index (χ4n) is 2.94. The van der Waals surface area contributed by atoms with Crippen molar-refractivity contribution in [2.75, 3.05) is 0 Å². The lowest BCUT2D eigenvalue weighted by molar-refractivity contribution is -0.141. The van der Waals surface area contributed by atoms with Crippen LogP contribution in [-0.2, 0) is 26.4 Å². The second kappa shape index (κ2) is 7.25. The molecule has 0 fully saturated rings. The SMILES string of the molecule is Cc1nc2sc(C(C)(C)O)nn2c1-c1ccc(C(F)(F)F)c(S(=O)(=O)C(C)(C)C(=O)O)c1. The minimum absolute atomic E-state index is 0.0513. The molecule has 0 aliphatic rings. The third-order valence-electron chi connectivity index (χ3n) is 4.94. The molecule has 13 heteroatoms. The summed E-state index contributed by atoms with van der Waals surface area (Å²) in [7, 11) is -4.96. The number of carboxylic acids is 1. The predicted molar refractivity (Wildman–Crippen MR) is 110 cm³/mol. The van der Waals surface area contributed by atoms with Crippen LogP contribution in [-0.4, -0.2) is 43.9 Å². The number of aliphatic hydroxyl groups is 1. The maximum Gasteiger partial charge on any atom is 0.417 e. The zero-order valence-corrected chi connectivity index (χ0v) is 19.3. The van der Waals surface area contributed by atoms with Gasteiger partial charge in [0.05, 0.1) is 21.8 Å². The molecule has 0 unspecified atom stereocenters. The first-order valence-corrected chi connectivity index (χ1v) is 11.5. The molecule has 0 bridgehead atoms. The summed E-state index contributed by atoms with van der Waals surface area (Å²) in [5, 5.41) is 24.1. The Hall–Kier alpha value is -2.51. The van der Waals surface area contributed by atoms with Crippen molar-refractivity contribution in [3.63, 3.8) is 0 Å². The Morgan fingerprint density at radius 1 is 1.16 bits per heavy atom. The average molecular weight is 492 g/mol. The standard InChI is InChI=1S/C19H20F3N3O5S2/c1-9-13(25-16(23-9)31-14(24-25)17(2,3)28)10-6-7-11(19(20,21)22)12(8-10)32(29,30)18(4,5)15(26)27/h6-8,28H,1-5H3,(H,26,27). The number of benzene rings is 1. The first-order chi connectivity index (χ1) is 14.4. The van der Waals surface area contributed by atoms with Crippen LogP contribution < -0.4 is 0 Å². The maximum atomic E-state index is 13.6. The molecule has 2 aromatic heterocycles. The van der Waals surface area contributed by atoms with Crippen molar-refractivity contribution in [1.29, 1.82) is 0 Å². The van der Waals surface area contributed by atoms with Crippen LogP contribution in [0.2, 0.25) is 0 Å². The van der Waals surface area contributed by atoms with Crippen LogP contribution in [0.25, 0.3) is 16.2 Å². The first kappa shape index (κ1) is 24.1. The van der Waals surface area contributed by atoms with E-state index in [2.05, 4.69) is 10.1 Å². The number of carbonyl (C=O) groups is 1. The Morgan fingerprint density at radius 3 is 2.25 bits per heavy atom. The predicted octanol–water partition coefficient (Wildman–Crippen LogP) is 3.65. The van der Waals surface area contributed by atoms with Crippen LogP contribution in [0.15, 0.2) is 23.1 Å². The smallest absolute Gasteiger partial charge is 0.417 e. The van der Waals surface area contributed by atoms with E-state index in [1.165, 1.54) is 18.4 Å². The number of sulfone groups is 1. The van der Waals surface area contributed by atoms with Gasteiger partial charge in [-0.15, -0.1) is 0 Å². The third kappa shape index (κ3) is 3.77. The van der Waals surface area contributed by atoms with Gasteiger partial charge in [0.15, 0.2) is 14.6 Å². The second-order valence-electron chi connectivity index (χ2n) is 8.23. The van der Waals surface area contributed by atoms with Crippen LogP contribution in [0, 0.1) is 6.92 Å². The number of hydrogen-bond acceptors (Lipinski definition) is 7. The van der Waals surface area contributed by atoms with Crippen molar-refractivity contribution in [2.45, 2.75) is 56.0 Å². The van der Waals surface area contributed by atoms with E-state index in [-0.39, 0.29) is 11.3 Å². The summed E-state index contributed by atoms with van der Waals surface area (Å²) >= 11 is 1.07. The van der Waals surface area contributed by atoms with Gasteiger partial charge >= 0.3 is 12.1 Å². The number of aliphatic carboxylic acids is 1. The van der Waals surface area contributed by atoms with Gasteiger partial charge in [0.25, 0.3) is 0 Å². The molecular weight excluding hydrogens is 471 g/mol. The highest BCUT2D eigenvalue weighted by atomic mass is 32.2. The Labute approximate surface area is 185 Å². The molecule has 0 atom stereocenters. The van der Waals surface area contributed by atoms with E-state index in [0.29, 0.717) is 21.7 Å². The summed E-state index contributed by atoms with van der Waals surface area (Å²) in [6.45, 7) is 6.25. The van der Waals surface area contributed by atoms with Crippen molar-refractivity contribution < 1.29 is 36.6 Å². The van der Waals surface area contributed by atoms with Crippen LogP contribution in [0.5, 0.6) is 0 Å². The van der Waals surface area contributed by atoms with Crippen LogP contribution >= 0.6 is 11.3 Å². The summed E-state index contributed by atoms with van der Waals surface area (Å²) in [5.74, 6) is -1.78. The first-order valence-electron chi connectivity index (χ1n) is 9.17. The van der Waals surface area contributed by atoms with Crippen LogP contribution in [0.1, 0.15) is 44.0 Å². The molecular formula is C19H20F3N3O5S2. The number of alkyl halides is 3. The molecule has 2 N–H and O–H groups in total. The van der Waals surface area contributed by atoms with Crippen molar-refractivity contribution >= 4 is 32.1 Å². The number of hydrogen-bond donors (Lipinski definition) is 2. The van der Waals surface area contributed by atoms with E-state index in [1.807, 2.05) is 0 Å². The molecule has 174 valence electrons. The van der Waals surface area contributed by atoms with E-state index in [0.717, 1.165) is 37.3 Å². The molecule has 0 aliphatic heterocycles. The van der Waals surface area contributed by atoms with Crippen molar-refractivity contribution in [1.82, 2.24) is 14.6 Å². The largest absolute Gasteiger partial charge is 0.480 e. The quantitative estimate of drug-likeness (QED) is 0.559. The molecule has 0 saturated heterocycles. The fourth-order valence-corrected chi connectivity index (χ4v) is 5.43. The molecule has 0 saturated carbocycles. The Kier molecular flexibility index (Phi) is 5.47. The third-order valence-corrected chi connectivity index (χ3v) is 8.59. The van der Waals surface area contributed by atoms with Gasteiger partial charge in [0, 0.05) is 5.56 Å². The summed E-state index contributed by atoms with van der Waals surface area (Å²) in [6, 6.07) is 2.47. The summed E-state index contributed by atoms with van der Waals surface area (Å²) in [6.07, 6.45) is -5.04. The lowest BCUT2D eigenvalue weighted by atomic mass is 10.1. The number of imidazole rings is 1. The Morgan fingerprint density at radius 2 is 1.75 bits per heavy atom. The van der Waals surface area contributed by atoms with Crippen LogP contribution in [0.3, 0.4) is 0 Å². The van der Waals surface area contributed by atoms with E-state index >= 15 is 0 Å². The number of aryl methyl sites for hydroxylation is 1. The minimum Gasteiger partial charge on any atom is -0.480 e. The lowest BCUT2D eigenvalue weighted by Crippen LogP contribution is -2.41. The molecule has 0 radical (unpaired) electrons. The number of fused-ring (bicyclic) bond motifs is 1. The monoisotopic (exact) mass is 491 g/mol. The number of nitrogens with zero attached hydrogens (tertiary/aromatic N) is 3. The van der Waals surface area contributed by atoms with E-state index in [4.69, 9.17) is 0 Å². The number of carboxylic acid groups (broad SMARTS) is 1. The summed E-state index contributed by atoms with van der Waals surface area (Å²) in [4.78, 5) is 15.0. The highest BCUT2D eigenvalue weighted by Crippen LogP contribution is 2.40. The van der Waals surface area contributed by atoms with Crippen molar-refractivity contribution in [2.24, 2.45) is 0 Å². The molecule has 0 spiro atoms. The normalized spacial score (nSPS) is 13.7. The van der Waals surface area contributed by atoms with Crippen molar-refractivity contribution in [3.8, 4) is 11.3 Å². The van der Waals surface area contributed by atoms with Gasteiger partial charge in [0.2, 0.25) is 4.96 Å². The van der Waals surface area contributed by atoms with Gasteiger partial charge in [-0.1, -0.05) is 17.4 Å². The highest BCUT2D eigenvalue weighted by molar-refractivity contribution is 7.93. The summed E-state index contributed by atoms with van der Waals surface area (Å²) in [5.41, 5.74) is -2.12. The molecule has 3 rings (SSSR count). The fraction of sp³-hybridized carbons (Fsp3) is 0.421. The molecule has 2 heterocycles. The second-order valence-corrected chi connectivity index (χ2v) is 11.7. The van der Waals surface area contributed by atoms with Gasteiger partial charge in [-0.3, -0.25) is 4.79 Å². The Bertz CT molecular complexity index is 1330. The van der Waals surface area contributed by atoms with Crippen LogP contribution in [0.4, 0.5) is 13.2 Å². The maximum absolute atomic E-state index is 13.6. The van der Waals surface area contributed by atoms with Gasteiger partial charge in [-0.05, 0) is 46.8 Å². The van der Waals surface area contributed by atoms with Gasteiger partial charge in [0.1, 0.15) is 10.6 Å². The average Bonchev–Trinajstić information content (AvgIpc) is 3.16. The zero-order valence-electron chi connectivity index (χ0n) is 17.6. The summed E-state index contributed by atoms with van der Waals surface area (Å²) < 4.78 is 65.8. The van der Waals surface area contributed by atoms with Gasteiger partial charge < -0.3 is 10.2 Å². The molecule has 8 nitrogen and oxygen atoms in total. The number of halogens is 3. The minimum atomic E-state index is -5.04. The van der Waals surface area contributed by atoms with E-state index in [9.17, 15) is 36.6 Å². The molecule has 1 aromatic carbocycles. The molecule has 32 heavy (non-hydrogen) atoms. The van der Waals surface area contributed by atoms with E-state index in [1.54, 1.807) is 6.92 Å². The lowest BCUT2D eigenvalue weighted by Gasteiger charge is -2.23. The Balaban J connectivity index is 2.34. The van der Waals surface area contributed by atoms with Crippen molar-refractivity contribution in [3.05, 3.63) is 34.5 Å². The zero-order chi connectivity index (χ0) is 24.4. The highest BCUT2D eigenvalue weighted by Gasteiger charge is 2.47. The number of rotatable bonds is 5. The van der Waals surface area contributed by atoms with Gasteiger partial charge in [-0.25, -0.2) is 17.9 Å².